The summed E-state index contributed by atoms with van der Waals surface area (Å²) < 4.78 is 11.2. The molecular formula is C19H23NO2. The van der Waals surface area contributed by atoms with Gasteiger partial charge >= 0.3 is 0 Å². The molecule has 0 radical (unpaired) electrons. The molecule has 3 nitrogen and oxygen atoms in total. The van der Waals surface area contributed by atoms with Crippen molar-refractivity contribution in [2.75, 3.05) is 27.3 Å². The third kappa shape index (κ3) is 2.81. The molecule has 1 aliphatic rings. The molecule has 1 saturated heterocycles. The molecule has 1 aliphatic heterocycles. The molecule has 0 amide bonds. The highest BCUT2D eigenvalue weighted by molar-refractivity contribution is 5.46. The van der Waals surface area contributed by atoms with Crippen LogP contribution in [0.2, 0.25) is 0 Å². The number of methoxy groups -OCH3 is 2. The van der Waals surface area contributed by atoms with Crippen LogP contribution in [0.4, 0.5) is 0 Å². The van der Waals surface area contributed by atoms with Gasteiger partial charge in [0.05, 0.1) is 20.3 Å². The molecule has 0 spiro atoms. The van der Waals surface area contributed by atoms with Gasteiger partial charge in [0.2, 0.25) is 0 Å². The maximum Gasteiger partial charge on any atom is 0.123 e. The van der Waals surface area contributed by atoms with Gasteiger partial charge in [0.15, 0.2) is 0 Å². The van der Waals surface area contributed by atoms with Crippen LogP contribution in [0.5, 0.6) is 11.5 Å². The van der Waals surface area contributed by atoms with Gasteiger partial charge in [0.1, 0.15) is 11.5 Å². The Labute approximate surface area is 132 Å². The minimum absolute atomic E-state index is 0.176. The Morgan fingerprint density at radius 2 is 1.23 bits per heavy atom. The molecule has 0 unspecified atom stereocenters. The Hall–Kier alpha value is -2.00. The number of ether oxygens (including phenoxy) is 2. The Morgan fingerprint density at radius 3 is 1.68 bits per heavy atom. The predicted molar refractivity (Wildman–Crippen MR) is 88.6 cm³/mol. The molecule has 0 aliphatic carbocycles. The molecule has 0 N–H and O–H groups in total. The van der Waals surface area contributed by atoms with Gasteiger partial charge in [0.25, 0.3) is 0 Å². The second kappa shape index (κ2) is 6.84. The van der Waals surface area contributed by atoms with Crippen LogP contribution in [0, 0.1) is 0 Å². The van der Waals surface area contributed by atoms with E-state index in [1.807, 2.05) is 24.3 Å². The molecule has 2 aromatic carbocycles. The number of para-hydroxylation sites is 2. The number of hydrogen-bond donors (Lipinski definition) is 0. The van der Waals surface area contributed by atoms with Gasteiger partial charge in [-0.15, -0.1) is 0 Å². The Morgan fingerprint density at radius 1 is 0.773 bits per heavy atom. The average Bonchev–Trinajstić information content (AvgIpc) is 3.10. The predicted octanol–water partition coefficient (Wildman–Crippen LogP) is 3.89. The van der Waals surface area contributed by atoms with Crippen LogP contribution in [0.3, 0.4) is 0 Å². The molecule has 0 aromatic heterocycles. The number of benzene rings is 2. The molecule has 0 atom stereocenters. The van der Waals surface area contributed by atoms with Crippen LogP contribution < -0.4 is 9.47 Å². The van der Waals surface area contributed by atoms with Gasteiger partial charge in [-0.25, -0.2) is 0 Å². The van der Waals surface area contributed by atoms with Crippen molar-refractivity contribution < 1.29 is 9.47 Å². The standard InChI is InChI=1S/C19H23NO2/c1-21-17-11-5-3-9-15(17)19(20-13-7-8-14-20)16-10-4-6-12-18(16)22-2/h3-6,9-12,19H,7-8,13-14H2,1-2H3. The van der Waals surface area contributed by atoms with E-state index in [0.717, 1.165) is 24.6 Å². The molecule has 0 saturated carbocycles. The van der Waals surface area contributed by atoms with Crippen molar-refractivity contribution in [3.8, 4) is 11.5 Å². The Balaban J connectivity index is 2.11. The van der Waals surface area contributed by atoms with Gasteiger partial charge in [0, 0.05) is 11.1 Å². The van der Waals surface area contributed by atoms with E-state index in [4.69, 9.17) is 9.47 Å². The third-order valence-corrected chi connectivity index (χ3v) is 4.37. The summed E-state index contributed by atoms with van der Waals surface area (Å²) in [5, 5.41) is 0. The van der Waals surface area contributed by atoms with E-state index in [9.17, 15) is 0 Å². The number of hydrogen-bond acceptors (Lipinski definition) is 3. The van der Waals surface area contributed by atoms with Gasteiger partial charge < -0.3 is 9.47 Å². The molecule has 3 heteroatoms. The number of rotatable bonds is 5. The molecule has 0 bridgehead atoms. The summed E-state index contributed by atoms with van der Waals surface area (Å²) >= 11 is 0. The van der Waals surface area contributed by atoms with E-state index in [1.165, 1.54) is 24.0 Å². The number of nitrogens with zero attached hydrogens (tertiary/aromatic N) is 1. The van der Waals surface area contributed by atoms with Crippen LogP contribution in [-0.2, 0) is 0 Å². The molecule has 116 valence electrons. The van der Waals surface area contributed by atoms with E-state index >= 15 is 0 Å². The van der Waals surface area contributed by atoms with Crippen LogP contribution in [0.1, 0.15) is 30.0 Å². The Bertz CT molecular complexity index is 573. The molecule has 2 aromatic rings. The zero-order valence-electron chi connectivity index (χ0n) is 13.3. The van der Waals surface area contributed by atoms with Gasteiger partial charge in [-0.1, -0.05) is 36.4 Å². The highest BCUT2D eigenvalue weighted by Crippen LogP contribution is 2.39. The minimum atomic E-state index is 0.176. The first kappa shape index (κ1) is 14.9. The quantitative estimate of drug-likeness (QED) is 0.835. The fraction of sp³-hybridized carbons (Fsp3) is 0.368. The zero-order valence-corrected chi connectivity index (χ0v) is 13.3. The normalized spacial score (nSPS) is 15.2. The first-order chi connectivity index (χ1) is 10.8. The summed E-state index contributed by atoms with van der Waals surface area (Å²) in [5.74, 6) is 1.87. The van der Waals surface area contributed by atoms with Crippen LogP contribution >= 0.6 is 0 Å². The van der Waals surface area contributed by atoms with Crippen molar-refractivity contribution >= 4 is 0 Å². The lowest BCUT2D eigenvalue weighted by Gasteiger charge is -2.30. The van der Waals surface area contributed by atoms with Gasteiger partial charge in [-0.2, -0.15) is 0 Å². The molecule has 22 heavy (non-hydrogen) atoms. The molecule has 3 rings (SSSR count). The van der Waals surface area contributed by atoms with Gasteiger partial charge in [-0.05, 0) is 38.1 Å². The van der Waals surface area contributed by atoms with E-state index < -0.39 is 0 Å². The zero-order chi connectivity index (χ0) is 15.4. The lowest BCUT2D eigenvalue weighted by Crippen LogP contribution is -2.27. The Kier molecular flexibility index (Phi) is 4.64. The van der Waals surface area contributed by atoms with Crippen molar-refractivity contribution in [1.29, 1.82) is 0 Å². The van der Waals surface area contributed by atoms with E-state index in [2.05, 4.69) is 29.2 Å². The van der Waals surface area contributed by atoms with Crippen LogP contribution in [0.15, 0.2) is 48.5 Å². The second-order valence-corrected chi connectivity index (χ2v) is 5.63. The smallest absolute Gasteiger partial charge is 0.123 e. The lowest BCUT2D eigenvalue weighted by molar-refractivity contribution is 0.267. The highest BCUT2D eigenvalue weighted by Gasteiger charge is 2.29. The van der Waals surface area contributed by atoms with Crippen molar-refractivity contribution in [2.45, 2.75) is 18.9 Å². The summed E-state index contributed by atoms with van der Waals surface area (Å²) in [7, 11) is 3.48. The molecule has 1 fully saturated rings. The summed E-state index contributed by atoms with van der Waals surface area (Å²) in [5.41, 5.74) is 2.41. The topological polar surface area (TPSA) is 21.7 Å². The monoisotopic (exact) mass is 297 g/mol. The van der Waals surface area contributed by atoms with Crippen molar-refractivity contribution in [2.24, 2.45) is 0 Å². The lowest BCUT2D eigenvalue weighted by atomic mass is 9.95. The summed E-state index contributed by atoms with van der Waals surface area (Å²) in [6, 6.07) is 16.8. The maximum atomic E-state index is 5.61. The summed E-state index contributed by atoms with van der Waals surface area (Å²) in [6.07, 6.45) is 2.50. The first-order valence-electron chi connectivity index (χ1n) is 7.85. The fourth-order valence-electron chi connectivity index (χ4n) is 3.35. The molecular weight excluding hydrogens is 274 g/mol. The van der Waals surface area contributed by atoms with Gasteiger partial charge in [-0.3, -0.25) is 4.90 Å². The highest BCUT2D eigenvalue weighted by atomic mass is 16.5. The maximum absolute atomic E-state index is 5.61. The molecule has 1 heterocycles. The minimum Gasteiger partial charge on any atom is -0.496 e. The van der Waals surface area contributed by atoms with Crippen molar-refractivity contribution in [3.63, 3.8) is 0 Å². The largest absolute Gasteiger partial charge is 0.496 e. The van der Waals surface area contributed by atoms with E-state index in [1.54, 1.807) is 14.2 Å². The first-order valence-corrected chi connectivity index (χ1v) is 7.85. The second-order valence-electron chi connectivity index (χ2n) is 5.63. The van der Waals surface area contributed by atoms with E-state index in [-0.39, 0.29) is 6.04 Å². The van der Waals surface area contributed by atoms with Crippen LogP contribution in [-0.4, -0.2) is 32.2 Å². The van der Waals surface area contributed by atoms with Crippen molar-refractivity contribution in [1.82, 2.24) is 4.90 Å². The average molecular weight is 297 g/mol. The number of likely N-dealkylation sites (tertiary alicyclic amines) is 1. The third-order valence-electron chi connectivity index (χ3n) is 4.37. The van der Waals surface area contributed by atoms with Crippen LogP contribution in [0.25, 0.3) is 0 Å². The summed E-state index contributed by atoms with van der Waals surface area (Å²) in [6.45, 7) is 2.22. The van der Waals surface area contributed by atoms with E-state index in [0.29, 0.717) is 0 Å². The fourth-order valence-corrected chi connectivity index (χ4v) is 3.35. The van der Waals surface area contributed by atoms with Crippen molar-refractivity contribution in [3.05, 3.63) is 59.7 Å². The summed E-state index contributed by atoms with van der Waals surface area (Å²) in [4.78, 5) is 2.52. The SMILES string of the molecule is COc1ccccc1C(c1ccccc1OC)N1CCCC1.